The highest BCUT2D eigenvalue weighted by atomic mass is 19.1. The average Bonchev–Trinajstić information content (AvgIpc) is 2.92. The predicted molar refractivity (Wildman–Crippen MR) is 66.6 cm³/mol. The van der Waals surface area contributed by atoms with Crippen LogP contribution >= 0.6 is 0 Å². The number of nitrogens with zero attached hydrogens (tertiary/aromatic N) is 1. The number of aromatic nitrogens is 1. The van der Waals surface area contributed by atoms with E-state index in [1.165, 1.54) is 18.5 Å². The van der Waals surface area contributed by atoms with Crippen molar-refractivity contribution in [3.8, 4) is 0 Å². The fraction of sp³-hybridized carbons (Fsp3) is 0.167. The molecular weight excluding hydrogens is 251 g/mol. The lowest BCUT2D eigenvalue weighted by atomic mass is 10.2. The molecule has 0 spiro atoms. The molecule has 2 aromatic heterocycles. The maximum Gasteiger partial charge on any atom is 0.255 e. The van der Waals surface area contributed by atoms with Gasteiger partial charge in [0, 0.05) is 6.20 Å². The first-order valence-electron chi connectivity index (χ1n) is 5.59. The Morgan fingerprint density at radius 1 is 1.53 bits per heavy atom. The highest BCUT2D eigenvalue weighted by Gasteiger charge is 2.18. The number of halogens is 1. The van der Waals surface area contributed by atoms with Crippen LogP contribution in [-0.2, 0) is 0 Å². The molecular formula is C12H13FN4O2. The zero-order valence-electron chi connectivity index (χ0n) is 10.2. The molecule has 0 bridgehead atoms. The van der Waals surface area contributed by atoms with E-state index in [2.05, 4.69) is 15.7 Å². The molecule has 0 aromatic carbocycles. The molecule has 4 N–H and O–H groups in total. The van der Waals surface area contributed by atoms with Gasteiger partial charge in [0.05, 0.1) is 17.9 Å². The number of carbonyl (C=O) groups excluding carboxylic acids is 1. The van der Waals surface area contributed by atoms with E-state index in [0.717, 1.165) is 0 Å². The number of hydrogen-bond acceptors (Lipinski definition) is 5. The Bertz CT molecular complexity index is 571. The van der Waals surface area contributed by atoms with Gasteiger partial charge in [-0.05, 0) is 25.1 Å². The normalized spacial score (nSPS) is 11.9. The van der Waals surface area contributed by atoms with E-state index in [4.69, 9.17) is 10.3 Å². The number of furan rings is 1. The number of rotatable bonds is 4. The Kier molecular flexibility index (Phi) is 3.76. The van der Waals surface area contributed by atoms with Crippen LogP contribution in [0.15, 0.2) is 35.1 Å². The van der Waals surface area contributed by atoms with E-state index in [9.17, 15) is 9.18 Å². The van der Waals surface area contributed by atoms with Crippen LogP contribution < -0.4 is 16.6 Å². The standard InChI is InChI=1S/C12H13FN4O2/c1-7(9-3-2-6-19-9)16-12(18)8-4-5-15-11(17-14)10(8)13/h2-7H,14H2,1H3,(H,15,17)(H,16,18). The van der Waals surface area contributed by atoms with Crippen LogP contribution in [0.1, 0.15) is 29.1 Å². The zero-order chi connectivity index (χ0) is 13.8. The molecule has 1 unspecified atom stereocenters. The van der Waals surface area contributed by atoms with Gasteiger partial charge in [-0.2, -0.15) is 0 Å². The Labute approximate surface area is 108 Å². The third-order valence-corrected chi connectivity index (χ3v) is 2.59. The van der Waals surface area contributed by atoms with Gasteiger partial charge in [-0.15, -0.1) is 0 Å². The Hall–Kier alpha value is -2.41. The van der Waals surface area contributed by atoms with Crippen LogP contribution in [0.4, 0.5) is 10.2 Å². The summed E-state index contributed by atoms with van der Waals surface area (Å²) in [7, 11) is 0. The lowest BCUT2D eigenvalue weighted by Crippen LogP contribution is -2.27. The zero-order valence-corrected chi connectivity index (χ0v) is 10.2. The fourth-order valence-electron chi connectivity index (χ4n) is 1.60. The van der Waals surface area contributed by atoms with Crippen LogP contribution in [0.2, 0.25) is 0 Å². The van der Waals surface area contributed by atoms with E-state index in [1.54, 1.807) is 19.1 Å². The van der Waals surface area contributed by atoms with E-state index in [0.29, 0.717) is 5.76 Å². The number of amides is 1. The summed E-state index contributed by atoms with van der Waals surface area (Å²) in [6.45, 7) is 1.73. The van der Waals surface area contributed by atoms with Crippen molar-refractivity contribution in [2.24, 2.45) is 5.84 Å². The predicted octanol–water partition coefficient (Wildman–Crippen LogP) is 1.59. The van der Waals surface area contributed by atoms with Crippen molar-refractivity contribution < 1.29 is 13.6 Å². The number of carbonyl (C=O) groups is 1. The van der Waals surface area contributed by atoms with Gasteiger partial charge in [-0.1, -0.05) is 0 Å². The lowest BCUT2D eigenvalue weighted by molar-refractivity contribution is 0.0931. The molecule has 0 aliphatic rings. The lowest BCUT2D eigenvalue weighted by Gasteiger charge is -2.12. The molecule has 19 heavy (non-hydrogen) atoms. The molecule has 1 amide bonds. The number of hydrazine groups is 1. The average molecular weight is 264 g/mol. The van der Waals surface area contributed by atoms with Crippen LogP contribution in [-0.4, -0.2) is 10.9 Å². The van der Waals surface area contributed by atoms with E-state index < -0.39 is 11.7 Å². The summed E-state index contributed by atoms with van der Waals surface area (Å²) < 4.78 is 19.0. The van der Waals surface area contributed by atoms with Crippen molar-refractivity contribution in [1.82, 2.24) is 10.3 Å². The van der Waals surface area contributed by atoms with E-state index in [-0.39, 0.29) is 17.4 Å². The summed E-state index contributed by atoms with van der Waals surface area (Å²) >= 11 is 0. The molecule has 0 saturated carbocycles. The van der Waals surface area contributed by atoms with Crippen molar-refractivity contribution in [3.63, 3.8) is 0 Å². The Morgan fingerprint density at radius 3 is 2.95 bits per heavy atom. The van der Waals surface area contributed by atoms with Crippen molar-refractivity contribution in [3.05, 3.63) is 47.8 Å². The first-order chi connectivity index (χ1) is 9.13. The van der Waals surface area contributed by atoms with Gasteiger partial charge in [0.2, 0.25) is 0 Å². The molecule has 100 valence electrons. The maximum atomic E-state index is 13.8. The second-order valence-corrected chi connectivity index (χ2v) is 3.88. The summed E-state index contributed by atoms with van der Waals surface area (Å²) in [5.41, 5.74) is 1.95. The summed E-state index contributed by atoms with van der Waals surface area (Å²) in [6.07, 6.45) is 2.80. The van der Waals surface area contributed by atoms with E-state index in [1.807, 2.05) is 0 Å². The molecule has 2 aromatic rings. The Morgan fingerprint density at radius 2 is 2.32 bits per heavy atom. The second kappa shape index (κ2) is 5.49. The minimum absolute atomic E-state index is 0.138. The van der Waals surface area contributed by atoms with E-state index >= 15 is 0 Å². The van der Waals surface area contributed by atoms with Gasteiger partial charge < -0.3 is 15.2 Å². The molecule has 2 rings (SSSR count). The highest BCUT2D eigenvalue weighted by Crippen LogP contribution is 2.17. The van der Waals surface area contributed by atoms with Gasteiger partial charge in [-0.3, -0.25) is 4.79 Å². The Balaban J connectivity index is 2.16. The van der Waals surface area contributed by atoms with Crippen LogP contribution in [0.25, 0.3) is 0 Å². The maximum absolute atomic E-state index is 13.8. The summed E-state index contributed by atoms with van der Waals surface area (Å²) in [5, 5.41) is 2.62. The monoisotopic (exact) mass is 264 g/mol. The van der Waals surface area contributed by atoms with Crippen LogP contribution in [0.3, 0.4) is 0 Å². The SMILES string of the molecule is CC(NC(=O)c1ccnc(NN)c1F)c1ccco1. The minimum atomic E-state index is -0.797. The number of hydrogen-bond donors (Lipinski definition) is 3. The fourth-order valence-corrected chi connectivity index (χ4v) is 1.60. The molecule has 6 nitrogen and oxygen atoms in total. The van der Waals surface area contributed by atoms with Gasteiger partial charge in [-0.25, -0.2) is 15.2 Å². The second-order valence-electron chi connectivity index (χ2n) is 3.88. The third kappa shape index (κ3) is 2.71. The van der Waals surface area contributed by atoms with Crippen LogP contribution in [0.5, 0.6) is 0 Å². The topological polar surface area (TPSA) is 93.2 Å². The van der Waals surface area contributed by atoms with Crippen molar-refractivity contribution in [1.29, 1.82) is 0 Å². The molecule has 7 heteroatoms. The molecule has 0 aliphatic carbocycles. The molecule has 0 fully saturated rings. The third-order valence-electron chi connectivity index (χ3n) is 2.59. The number of nitrogens with one attached hydrogen (secondary N) is 2. The summed E-state index contributed by atoms with van der Waals surface area (Å²) in [5.74, 6) is 4.13. The highest BCUT2D eigenvalue weighted by molar-refractivity contribution is 5.95. The molecule has 0 aliphatic heterocycles. The van der Waals surface area contributed by atoms with Gasteiger partial charge in [0.1, 0.15) is 5.76 Å². The number of nitrogen functional groups attached to an aromatic ring is 1. The summed E-state index contributed by atoms with van der Waals surface area (Å²) in [6, 6.07) is 4.34. The molecule has 2 heterocycles. The number of nitrogens with two attached hydrogens (primary N) is 1. The number of anilines is 1. The largest absolute Gasteiger partial charge is 0.467 e. The molecule has 0 radical (unpaired) electrons. The quantitative estimate of drug-likeness (QED) is 0.576. The first kappa shape index (κ1) is 13.0. The van der Waals surface area contributed by atoms with Crippen molar-refractivity contribution in [2.45, 2.75) is 13.0 Å². The van der Waals surface area contributed by atoms with Crippen LogP contribution in [0, 0.1) is 5.82 Å². The summed E-state index contributed by atoms with van der Waals surface area (Å²) in [4.78, 5) is 15.6. The van der Waals surface area contributed by atoms with Gasteiger partial charge in [0.15, 0.2) is 11.6 Å². The van der Waals surface area contributed by atoms with Gasteiger partial charge >= 0.3 is 0 Å². The van der Waals surface area contributed by atoms with Crippen molar-refractivity contribution in [2.75, 3.05) is 5.43 Å². The molecule has 0 saturated heterocycles. The molecule has 1 atom stereocenters. The van der Waals surface area contributed by atoms with Crippen molar-refractivity contribution >= 4 is 11.7 Å². The smallest absolute Gasteiger partial charge is 0.255 e. The minimum Gasteiger partial charge on any atom is -0.467 e. The first-order valence-corrected chi connectivity index (χ1v) is 5.59. The number of pyridine rings is 1. The van der Waals surface area contributed by atoms with Gasteiger partial charge in [0.25, 0.3) is 5.91 Å².